The number of thiophene rings is 1. The molecule has 2 aliphatic rings. The summed E-state index contributed by atoms with van der Waals surface area (Å²) in [5, 5.41) is 11.8. The van der Waals surface area contributed by atoms with Crippen molar-refractivity contribution in [2.45, 2.75) is 44.9 Å². The third-order valence-electron chi connectivity index (χ3n) is 6.40. The van der Waals surface area contributed by atoms with E-state index in [2.05, 4.69) is 36.6 Å². The molecule has 1 unspecified atom stereocenters. The summed E-state index contributed by atoms with van der Waals surface area (Å²) < 4.78 is 1.26. The van der Waals surface area contributed by atoms with E-state index in [0.29, 0.717) is 31.8 Å². The molecule has 2 atom stereocenters. The summed E-state index contributed by atoms with van der Waals surface area (Å²) in [5.41, 5.74) is 0.931. The predicted molar refractivity (Wildman–Crippen MR) is 113 cm³/mol. The molecule has 0 bridgehead atoms. The number of carbonyl (C=O) groups excluding carboxylic acids is 2. The van der Waals surface area contributed by atoms with Crippen LogP contribution in [-0.2, 0) is 15.0 Å². The van der Waals surface area contributed by atoms with Crippen molar-refractivity contribution in [3.63, 3.8) is 0 Å². The topological polar surface area (TPSA) is 64.5 Å². The maximum Gasteiger partial charge on any atom is 0.228 e. The predicted octanol–water partition coefficient (Wildman–Crippen LogP) is 4.02. The Morgan fingerprint density at radius 3 is 2.93 bits per heavy atom. The molecule has 2 saturated heterocycles. The molecular formula is C22H27N3O2S. The number of rotatable bonds is 3. The molecular weight excluding hydrogens is 370 g/mol. The Kier molecular flexibility index (Phi) is 5.00. The van der Waals surface area contributed by atoms with Gasteiger partial charge in [-0.3, -0.25) is 15.0 Å². The number of carbonyl (C=O) groups is 2. The van der Waals surface area contributed by atoms with E-state index in [1.54, 1.807) is 23.2 Å². The number of amides is 2. The minimum absolute atomic E-state index is 0.0386. The van der Waals surface area contributed by atoms with Gasteiger partial charge in [0, 0.05) is 49.5 Å². The molecule has 2 amide bonds. The lowest BCUT2D eigenvalue weighted by Gasteiger charge is -2.28. The number of fused-ring (bicyclic) bond motifs is 1. The fourth-order valence-electron chi connectivity index (χ4n) is 4.52. The highest BCUT2D eigenvalue weighted by Gasteiger charge is 2.38. The second-order valence-corrected chi connectivity index (χ2v) is 9.43. The van der Waals surface area contributed by atoms with Crippen molar-refractivity contribution in [3.8, 4) is 0 Å². The van der Waals surface area contributed by atoms with E-state index in [0.717, 1.165) is 19.4 Å². The lowest BCUT2D eigenvalue weighted by molar-refractivity contribution is -0.128. The van der Waals surface area contributed by atoms with E-state index in [9.17, 15) is 9.59 Å². The fourth-order valence-corrected chi connectivity index (χ4v) is 5.29. The van der Waals surface area contributed by atoms with Crippen LogP contribution < -0.4 is 0 Å². The SMILES string of the molecule is CC(=O)N1CCC(CN2C(=N)CC[C@](C)(c3ccc4sccc4c3)CC2=O)C1. The van der Waals surface area contributed by atoms with Crippen molar-refractivity contribution in [2.75, 3.05) is 19.6 Å². The first kappa shape index (κ1) is 19.1. The van der Waals surface area contributed by atoms with Gasteiger partial charge in [-0.05, 0) is 53.3 Å². The number of nitrogens with one attached hydrogen (secondary N) is 1. The average molecular weight is 398 g/mol. The Balaban J connectivity index is 1.52. The molecule has 0 saturated carbocycles. The first-order valence-corrected chi connectivity index (χ1v) is 10.8. The molecule has 0 spiro atoms. The first-order chi connectivity index (χ1) is 13.4. The number of likely N-dealkylation sites (tertiary alicyclic amines) is 2. The van der Waals surface area contributed by atoms with Gasteiger partial charge in [-0.25, -0.2) is 0 Å². The highest BCUT2D eigenvalue weighted by Crippen LogP contribution is 2.38. The molecule has 5 nitrogen and oxygen atoms in total. The van der Waals surface area contributed by atoms with Crippen molar-refractivity contribution >= 4 is 39.1 Å². The molecule has 2 fully saturated rings. The van der Waals surface area contributed by atoms with Crippen molar-refractivity contribution in [1.82, 2.24) is 9.80 Å². The Morgan fingerprint density at radius 1 is 1.36 bits per heavy atom. The molecule has 28 heavy (non-hydrogen) atoms. The molecule has 1 aromatic carbocycles. The van der Waals surface area contributed by atoms with E-state index in [4.69, 9.17) is 5.41 Å². The molecule has 2 aromatic rings. The van der Waals surface area contributed by atoms with Gasteiger partial charge >= 0.3 is 0 Å². The normalized spacial score (nSPS) is 26.1. The van der Waals surface area contributed by atoms with Crippen molar-refractivity contribution in [3.05, 3.63) is 35.2 Å². The summed E-state index contributed by atoms with van der Waals surface area (Å²) in [6.07, 6.45) is 2.73. The van der Waals surface area contributed by atoms with Crippen LogP contribution in [0.15, 0.2) is 29.6 Å². The van der Waals surface area contributed by atoms with Crippen LogP contribution >= 0.6 is 11.3 Å². The van der Waals surface area contributed by atoms with Gasteiger partial charge < -0.3 is 9.80 Å². The number of hydrogen-bond acceptors (Lipinski definition) is 4. The maximum atomic E-state index is 13.1. The van der Waals surface area contributed by atoms with Crippen molar-refractivity contribution < 1.29 is 9.59 Å². The van der Waals surface area contributed by atoms with Gasteiger partial charge in [-0.2, -0.15) is 0 Å². The van der Waals surface area contributed by atoms with Crippen LogP contribution in [0.25, 0.3) is 10.1 Å². The Bertz CT molecular complexity index is 937. The summed E-state index contributed by atoms with van der Waals surface area (Å²) in [5.74, 6) is 0.819. The molecule has 4 rings (SSSR count). The van der Waals surface area contributed by atoms with Crippen LogP contribution in [0.4, 0.5) is 0 Å². The third kappa shape index (κ3) is 3.58. The van der Waals surface area contributed by atoms with Gasteiger partial charge in [0.05, 0.1) is 0 Å². The maximum absolute atomic E-state index is 13.1. The van der Waals surface area contributed by atoms with Crippen LogP contribution in [0.3, 0.4) is 0 Å². The highest BCUT2D eigenvalue weighted by atomic mass is 32.1. The van der Waals surface area contributed by atoms with Crippen molar-refractivity contribution in [1.29, 1.82) is 5.41 Å². The van der Waals surface area contributed by atoms with Gasteiger partial charge in [0.1, 0.15) is 5.84 Å². The van der Waals surface area contributed by atoms with E-state index in [-0.39, 0.29) is 23.1 Å². The summed E-state index contributed by atoms with van der Waals surface area (Å²) >= 11 is 1.73. The molecule has 6 heteroatoms. The molecule has 2 aliphatic heterocycles. The number of nitrogens with zero attached hydrogens (tertiary/aromatic N) is 2. The number of hydrogen-bond donors (Lipinski definition) is 1. The highest BCUT2D eigenvalue weighted by molar-refractivity contribution is 7.17. The van der Waals surface area contributed by atoms with Gasteiger partial charge in [-0.1, -0.05) is 13.0 Å². The van der Waals surface area contributed by atoms with E-state index in [1.807, 2.05) is 4.90 Å². The zero-order valence-electron chi connectivity index (χ0n) is 16.5. The Morgan fingerprint density at radius 2 is 2.18 bits per heavy atom. The zero-order valence-corrected chi connectivity index (χ0v) is 17.3. The standard InChI is InChI=1S/C22H27N3O2S/c1-15(26)24-9-6-16(13-24)14-25-20(23)5-8-22(2,12-21(25)27)18-3-4-19-17(11-18)7-10-28-19/h3-4,7,10-11,16,23H,5-6,8-9,12-14H2,1-2H3/t16?,22-/m0/s1. The molecule has 0 radical (unpaired) electrons. The Labute approximate surface area is 169 Å². The minimum atomic E-state index is -0.255. The Hall–Kier alpha value is -2.21. The summed E-state index contributed by atoms with van der Waals surface area (Å²) in [4.78, 5) is 28.3. The molecule has 148 valence electrons. The van der Waals surface area contributed by atoms with Crippen LogP contribution in [0, 0.1) is 11.3 Å². The van der Waals surface area contributed by atoms with Gasteiger partial charge in [-0.15, -0.1) is 11.3 Å². The molecule has 1 N–H and O–H groups in total. The summed E-state index contributed by atoms with van der Waals surface area (Å²) in [6.45, 7) is 5.76. The van der Waals surface area contributed by atoms with Crippen LogP contribution in [0.5, 0.6) is 0 Å². The first-order valence-electron chi connectivity index (χ1n) is 9.97. The molecule has 0 aliphatic carbocycles. The fraction of sp³-hybridized carbons (Fsp3) is 0.500. The van der Waals surface area contributed by atoms with Crippen LogP contribution in [-0.4, -0.2) is 47.1 Å². The number of benzene rings is 1. The van der Waals surface area contributed by atoms with Gasteiger partial charge in [0.25, 0.3) is 0 Å². The second-order valence-electron chi connectivity index (χ2n) is 8.48. The van der Waals surface area contributed by atoms with Crippen LogP contribution in [0.1, 0.15) is 45.1 Å². The van der Waals surface area contributed by atoms with Gasteiger partial charge in [0.2, 0.25) is 11.8 Å². The summed E-state index contributed by atoms with van der Waals surface area (Å²) in [7, 11) is 0. The lowest BCUT2D eigenvalue weighted by atomic mass is 9.76. The molecule has 3 heterocycles. The van der Waals surface area contributed by atoms with E-state index >= 15 is 0 Å². The largest absolute Gasteiger partial charge is 0.343 e. The quantitative estimate of drug-likeness (QED) is 0.850. The molecule has 1 aromatic heterocycles. The van der Waals surface area contributed by atoms with Gasteiger partial charge in [0.15, 0.2) is 0 Å². The monoisotopic (exact) mass is 397 g/mol. The third-order valence-corrected chi connectivity index (χ3v) is 7.30. The number of amidine groups is 1. The zero-order chi connectivity index (χ0) is 19.9. The lowest BCUT2D eigenvalue weighted by Crippen LogP contribution is -2.40. The van der Waals surface area contributed by atoms with E-state index < -0.39 is 0 Å². The van der Waals surface area contributed by atoms with E-state index in [1.165, 1.54) is 15.6 Å². The van der Waals surface area contributed by atoms with Crippen molar-refractivity contribution in [2.24, 2.45) is 5.92 Å². The second kappa shape index (κ2) is 7.32. The van der Waals surface area contributed by atoms with Crippen LogP contribution in [0.2, 0.25) is 0 Å². The smallest absolute Gasteiger partial charge is 0.228 e. The average Bonchev–Trinajstić information content (AvgIpc) is 3.30. The minimum Gasteiger partial charge on any atom is -0.343 e. The summed E-state index contributed by atoms with van der Waals surface area (Å²) in [6, 6.07) is 8.63.